The monoisotopic (exact) mass is 369 g/mol. The Labute approximate surface area is 158 Å². The Morgan fingerprint density at radius 1 is 1.19 bits per heavy atom. The molecule has 6 heteroatoms. The number of rotatable bonds is 5. The molecule has 6 nitrogen and oxygen atoms in total. The van der Waals surface area contributed by atoms with Gasteiger partial charge >= 0.3 is 5.69 Å². The van der Waals surface area contributed by atoms with Crippen molar-refractivity contribution in [3.05, 3.63) is 67.5 Å². The lowest BCUT2D eigenvalue weighted by atomic mass is 9.90. The molecule has 0 bridgehead atoms. The van der Waals surface area contributed by atoms with Gasteiger partial charge in [0.05, 0.1) is 6.42 Å². The second-order valence-corrected chi connectivity index (χ2v) is 7.50. The van der Waals surface area contributed by atoms with E-state index in [1.807, 2.05) is 4.90 Å². The lowest BCUT2D eigenvalue weighted by molar-refractivity contribution is -0.132. The van der Waals surface area contributed by atoms with Crippen LogP contribution in [0, 0.1) is 19.8 Å². The zero-order chi connectivity index (χ0) is 19.4. The maximum atomic E-state index is 12.7. The van der Waals surface area contributed by atoms with E-state index in [4.69, 9.17) is 0 Å². The standard InChI is InChI=1S/C21H27N3O3/c1-14-6-3-4-8-17(14)10-9-16-7-5-11-24(13-16)19(25)12-18-15(2)22-21(27)23-20(18)26/h3-4,6,8,16H,5,7,9-13H2,1-2H3,(H2,22,23,26,27). The number of aromatic nitrogens is 2. The normalized spacial score (nSPS) is 17.1. The number of carbonyl (C=O) groups is 1. The lowest BCUT2D eigenvalue weighted by Gasteiger charge is -2.33. The Morgan fingerprint density at radius 3 is 2.70 bits per heavy atom. The van der Waals surface area contributed by atoms with Gasteiger partial charge in [0.1, 0.15) is 0 Å². The summed E-state index contributed by atoms with van der Waals surface area (Å²) >= 11 is 0. The number of H-pyrrole nitrogens is 2. The van der Waals surface area contributed by atoms with E-state index in [0.29, 0.717) is 17.2 Å². The molecule has 0 radical (unpaired) electrons. The maximum Gasteiger partial charge on any atom is 0.325 e. The van der Waals surface area contributed by atoms with E-state index in [0.717, 1.165) is 38.8 Å². The van der Waals surface area contributed by atoms with Crippen LogP contribution in [0.2, 0.25) is 0 Å². The van der Waals surface area contributed by atoms with E-state index in [1.165, 1.54) is 11.1 Å². The quantitative estimate of drug-likeness (QED) is 0.846. The highest BCUT2D eigenvalue weighted by Crippen LogP contribution is 2.23. The van der Waals surface area contributed by atoms with Gasteiger partial charge in [-0.1, -0.05) is 24.3 Å². The molecule has 1 saturated heterocycles. The van der Waals surface area contributed by atoms with E-state index in [2.05, 4.69) is 41.2 Å². The summed E-state index contributed by atoms with van der Waals surface area (Å²) in [6.45, 7) is 5.27. The lowest BCUT2D eigenvalue weighted by Crippen LogP contribution is -2.42. The number of carbonyl (C=O) groups excluding carboxylic acids is 1. The molecule has 1 fully saturated rings. The SMILES string of the molecule is Cc1ccccc1CCC1CCCN(C(=O)Cc2c(C)[nH]c(=O)[nH]c2=O)C1. The van der Waals surface area contributed by atoms with Crippen LogP contribution in [0.4, 0.5) is 0 Å². The number of hydrogen-bond donors (Lipinski definition) is 2. The minimum absolute atomic E-state index is 0.0302. The predicted molar refractivity (Wildman–Crippen MR) is 105 cm³/mol. The van der Waals surface area contributed by atoms with Crippen LogP contribution in [0.3, 0.4) is 0 Å². The van der Waals surface area contributed by atoms with E-state index >= 15 is 0 Å². The van der Waals surface area contributed by atoms with E-state index in [9.17, 15) is 14.4 Å². The highest BCUT2D eigenvalue weighted by Gasteiger charge is 2.24. The molecule has 144 valence electrons. The third-order valence-electron chi connectivity index (χ3n) is 5.54. The van der Waals surface area contributed by atoms with Crippen LogP contribution in [-0.4, -0.2) is 33.9 Å². The number of likely N-dealkylation sites (tertiary alicyclic amines) is 1. The first kappa shape index (κ1) is 19.1. The molecule has 1 aliphatic rings. The average Bonchev–Trinajstić information content (AvgIpc) is 2.64. The first-order chi connectivity index (χ1) is 12.9. The summed E-state index contributed by atoms with van der Waals surface area (Å²) < 4.78 is 0. The van der Waals surface area contributed by atoms with Gasteiger partial charge in [0.25, 0.3) is 5.56 Å². The second-order valence-electron chi connectivity index (χ2n) is 7.50. The Hall–Kier alpha value is -2.63. The number of aromatic amines is 2. The zero-order valence-corrected chi connectivity index (χ0v) is 16.0. The third-order valence-corrected chi connectivity index (χ3v) is 5.54. The van der Waals surface area contributed by atoms with Gasteiger partial charge in [-0.3, -0.25) is 14.6 Å². The number of aryl methyl sites for hydroxylation is 3. The molecule has 0 aliphatic carbocycles. The molecule has 2 N–H and O–H groups in total. The number of nitrogens with one attached hydrogen (secondary N) is 2. The van der Waals surface area contributed by atoms with Crippen molar-refractivity contribution in [1.82, 2.24) is 14.9 Å². The molecule has 0 spiro atoms. The molecule has 1 aromatic heterocycles. The summed E-state index contributed by atoms with van der Waals surface area (Å²) in [5.74, 6) is 0.438. The van der Waals surface area contributed by atoms with Crippen LogP contribution in [0.5, 0.6) is 0 Å². The van der Waals surface area contributed by atoms with Crippen LogP contribution in [0.25, 0.3) is 0 Å². The molecule has 1 amide bonds. The smallest absolute Gasteiger partial charge is 0.325 e. The molecule has 1 aliphatic heterocycles. The summed E-state index contributed by atoms with van der Waals surface area (Å²) in [7, 11) is 0. The average molecular weight is 369 g/mol. The maximum absolute atomic E-state index is 12.7. The van der Waals surface area contributed by atoms with Gasteiger partial charge in [0.2, 0.25) is 5.91 Å². The Balaban J connectivity index is 1.61. The minimum atomic E-state index is -0.539. The van der Waals surface area contributed by atoms with Crippen LogP contribution in [0.15, 0.2) is 33.9 Å². The van der Waals surface area contributed by atoms with Crippen LogP contribution in [-0.2, 0) is 17.6 Å². The molecule has 2 aromatic rings. The first-order valence-corrected chi connectivity index (χ1v) is 9.58. The van der Waals surface area contributed by atoms with Crippen molar-refractivity contribution < 1.29 is 4.79 Å². The van der Waals surface area contributed by atoms with Gasteiger partial charge in [-0.05, 0) is 56.6 Å². The highest BCUT2D eigenvalue weighted by molar-refractivity contribution is 5.79. The minimum Gasteiger partial charge on any atom is -0.342 e. The van der Waals surface area contributed by atoms with Crippen LogP contribution >= 0.6 is 0 Å². The number of benzene rings is 1. The number of nitrogens with zero attached hydrogens (tertiary/aromatic N) is 1. The van der Waals surface area contributed by atoms with Crippen LogP contribution < -0.4 is 11.2 Å². The summed E-state index contributed by atoms with van der Waals surface area (Å²) in [5, 5.41) is 0. The van der Waals surface area contributed by atoms with Gasteiger partial charge in [-0.15, -0.1) is 0 Å². The van der Waals surface area contributed by atoms with Crippen molar-refractivity contribution in [2.75, 3.05) is 13.1 Å². The number of hydrogen-bond acceptors (Lipinski definition) is 3. The Kier molecular flexibility index (Phi) is 5.94. The van der Waals surface area contributed by atoms with Gasteiger partial charge in [-0.2, -0.15) is 0 Å². The summed E-state index contributed by atoms with van der Waals surface area (Å²) in [6, 6.07) is 8.44. The van der Waals surface area contributed by atoms with Crippen molar-refractivity contribution in [2.45, 2.75) is 46.0 Å². The van der Waals surface area contributed by atoms with Crippen molar-refractivity contribution in [2.24, 2.45) is 5.92 Å². The van der Waals surface area contributed by atoms with Crippen molar-refractivity contribution in [3.8, 4) is 0 Å². The largest absolute Gasteiger partial charge is 0.342 e. The summed E-state index contributed by atoms with van der Waals surface area (Å²) in [5.41, 5.74) is 2.48. The van der Waals surface area contributed by atoms with Gasteiger partial charge in [-0.25, -0.2) is 4.79 Å². The Morgan fingerprint density at radius 2 is 1.96 bits per heavy atom. The Bertz CT molecular complexity index is 929. The fourth-order valence-corrected chi connectivity index (χ4v) is 3.88. The number of amides is 1. The topological polar surface area (TPSA) is 86.0 Å². The molecule has 1 aromatic carbocycles. The van der Waals surface area contributed by atoms with Crippen molar-refractivity contribution in [1.29, 1.82) is 0 Å². The van der Waals surface area contributed by atoms with Crippen molar-refractivity contribution >= 4 is 5.91 Å². The molecule has 1 atom stereocenters. The fraction of sp³-hybridized carbons (Fsp3) is 0.476. The molecule has 2 heterocycles. The summed E-state index contributed by atoms with van der Waals surface area (Å²) in [6.07, 6.45) is 4.24. The molecule has 1 unspecified atom stereocenters. The molecule has 3 rings (SSSR count). The highest BCUT2D eigenvalue weighted by atomic mass is 16.2. The molecular formula is C21H27N3O3. The predicted octanol–water partition coefficient (Wildman–Crippen LogP) is 2.09. The number of piperidine rings is 1. The first-order valence-electron chi connectivity index (χ1n) is 9.58. The summed E-state index contributed by atoms with van der Waals surface area (Å²) in [4.78, 5) is 42.6. The van der Waals surface area contributed by atoms with Gasteiger partial charge in [0, 0.05) is 24.3 Å². The molecule has 0 saturated carbocycles. The van der Waals surface area contributed by atoms with E-state index in [-0.39, 0.29) is 12.3 Å². The van der Waals surface area contributed by atoms with Gasteiger partial charge in [0.15, 0.2) is 0 Å². The van der Waals surface area contributed by atoms with E-state index < -0.39 is 11.2 Å². The zero-order valence-electron chi connectivity index (χ0n) is 16.0. The molecule has 27 heavy (non-hydrogen) atoms. The van der Waals surface area contributed by atoms with Crippen molar-refractivity contribution in [3.63, 3.8) is 0 Å². The van der Waals surface area contributed by atoms with Crippen LogP contribution in [0.1, 0.15) is 41.6 Å². The second kappa shape index (κ2) is 8.37. The third kappa shape index (κ3) is 4.76. The molecular weight excluding hydrogens is 342 g/mol. The fourth-order valence-electron chi connectivity index (χ4n) is 3.88. The van der Waals surface area contributed by atoms with E-state index in [1.54, 1.807) is 6.92 Å². The van der Waals surface area contributed by atoms with Gasteiger partial charge < -0.3 is 9.88 Å².